The third kappa shape index (κ3) is 3.60. The smallest absolute Gasteiger partial charge is 0.226 e. The second-order valence-corrected chi connectivity index (χ2v) is 5.60. The molecule has 0 aliphatic carbocycles. The molecular weight excluding hydrogens is 302 g/mol. The molecule has 22 heavy (non-hydrogen) atoms. The number of methoxy groups -OCH3 is 1. The number of aromatic nitrogens is 2. The molecule has 0 saturated carbocycles. The Morgan fingerprint density at radius 1 is 1.36 bits per heavy atom. The Labute approximate surface area is 135 Å². The molecule has 2 rings (SSSR count). The first-order chi connectivity index (χ1) is 10.4. The number of amides is 1. The Balaban J connectivity index is 2.01. The van der Waals surface area contributed by atoms with E-state index in [-0.39, 0.29) is 5.91 Å². The Morgan fingerprint density at radius 3 is 2.68 bits per heavy atom. The molecule has 118 valence electrons. The lowest BCUT2D eigenvalue weighted by atomic mass is 10.2. The van der Waals surface area contributed by atoms with Gasteiger partial charge in [0.15, 0.2) is 0 Å². The lowest BCUT2D eigenvalue weighted by Crippen LogP contribution is -2.16. The molecule has 6 heteroatoms. The van der Waals surface area contributed by atoms with Crippen LogP contribution in [0.3, 0.4) is 0 Å². The molecule has 0 bridgehead atoms. The van der Waals surface area contributed by atoms with Crippen LogP contribution in [-0.2, 0) is 11.3 Å². The van der Waals surface area contributed by atoms with E-state index >= 15 is 0 Å². The van der Waals surface area contributed by atoms with Crippen LogP contribution in [0.15, 0.2) is 18.2 Å². The molecule has 0 saturated heterocycles. The summed E-state index contributed by atoms with van der Waals surface area (Å²) >= 11 is 5.95. The summed E-state index contributed by atoms with van der Waals surface area (Å²) in [6, 6.07) is 5.11. The Morgan fingerprint density at radius 2 is 2.09 bits per heavy atom. The monoisotopic (exact) mass is 321 g/mol. The predicted molar refractivity (Wildman–Crippen MR) is 87.7 cm³/mol. The lowest BCUT2D eigenvalue weighted by Gasteiger charge is -2.11. The number of aryl methyl sites for hydroxylation is 2. The molecule has 1 aromatic heterocycles. The van der Waals surface area contributed by atoms with Crippen LogP contribution in [0, 0.1) is 20.8 Å². The van der Waals surface area contributed by atoms with Gasteiger partial charge in [-0.1, -0.05) is 11.6 Å². The van der Waals surface area contributed by atoms with Crippen LogP contribution in [0.25, 0.3) is 0 Å². The normalized spacial score (nSPS) is 10.6. The number of anilines is 1. The molecule has 0 aliphatic heterocycles. The number of hydrogen-bond acceptors (Lipinski definition) is 3. The molecule has 1 amide bonds. The number of hydrogen-bond donors (Lipinski definition) is 1. The quantitative estimate of drug-likeness (QED) is 0.917. The maximum Gasteiger partial charge on any atom is 0.226 e. The van der Waals surface area contributed by atoms with Gasteiger partial charge >= 0.3 is 0 Å². The van der Waals surface area contributed by atoms with Gasteiger partial charge in [-0.25, -0.2) is 0 Å². The molecule has 1 aromatic carbocycles. The van der Waals surface area contributed by atoms with Gasteiger partial charge in [0.1, 0.15) is 5.75 Å². The minimum absolute atomic E-state index is 0.106. The van der Waals surface area contributed by atoms with Gasteiger partial charge in [-0.05, 0) is 44.5 Å². The highest BCUT2D eigenvalue weighted by Gasteiger charge is 2.11. The van der Waals surface area contributed by atoms with E-state index in [0.29, 0.717) is 29.4 Å². The van der Waals surface area contributed by atoms with E-state index < -0.39 is 0 Å². The number of ether oxygens (including phenoxy) is 1. The highest BCUT2D eigenvalue weighted by molar-refractivity contribution is 6.31. The van der Waals surface area contributed by atoms with Gasteiger partial charge in [-0.3, -0.25) is 9.48 Å². The zero-order valence-electron chi connectivity index (χ0n) is 13.2. The van der Waals surface area contributed by atoms with Gasteiger partial charge in [0, 0.05) is 23.7 Å². The van der Waals surface area contributed by atoms with Gasteiger partial charge in [-0.15, -0.1) is 0 Å². The van der Waals surface area contributed by atoms with Crippen LogP contribution in [-0.4, -0.2) is 22.8 Å². The first kappa shape index (κ1) is 16.4. The Kier molecular flexibility index (Phi) is 5.08. The van der Waals surface area contributed by atoms with E-state index in [4.69, 9.17) is 16.3 Å². The topological polar surface area (TPSA) is 56.1 Å². The Hall–Kier alpha value is -2.01. The summed E-state index contributed by atoms with van der Waals surface area (Å²) in [7, 11) is 1.55. The van der Waals surface area contributed by atoms with Crippen molar-refractivity contribution in [2.45, 2.75) is 33.7 Å². The number of carbonyl (C=O) groups excluding carboxylic acids is 1. The van der Waals surface area contributed by atoms with Crippen molar-refractivity contribution in [3.05, 3.63) is 40.2 Å². The van der Waals surface area contributed by atoms with Crippen LogP contribution in [0.1, 0.15) is 23.4 Å². The number of rotatable bonds is 5. The molecule has 1 heterocycles. The molecule has 0 fully saturated rings. The molecule has 0 radical (unpaired) electrons. The summed E-state index contributed by atoms with van der Waals surface area (Å²) < 4.78 is 7.07. The standard InChI is InChI=1S/C16H20ClN3O2/c1-10-11(2)19-20(12(10)3)8-7-16(21)18-14-9-13(17)5-6-15(14)22-4/h5-6,9H,7-8H2,1-4H3,(H,18,21). The molecule has 0 aliphatic rings. The van der Waals surface area contributed by atoms with Gasteiger partial charge in [-0.2, -0.15) is 5.10 Å². The van der Waals surface area contributed by atoms with Crippen LogP contribution in [0.5, 0.6) is 5.75 Å². The molecule has 0 atom stereocenters. The number of carbonyl (C=O) groups is 1. The van der Waals surface area contributed by atoms with Crippen molar-refractivity contribution in [1.82, 2.24) is 9.78 Å². The van der Waals surface area contributed by atoms with Crippen LogP contribution >= 0.6 is 11.6 Å². The molecule has 2 aromatic rings. The predicted octanol–water partition coefficient (Wildman–Crippen LogP) is 3.50. The largest absolute Gasteiger partial charge is 0.495 e. The van der Waals surface area contributed by atoms with Crippen molar-refractivity contribution >= 4 is 23.2 Å². The van der Waals surface area contributed by atoms with E-state index in [9.17, 15) is 4.79 Å². The van der Waals surface area contributed by atoms with E-state index in [1.54, 1.807) is 25.3 Å². The number of nitrogens with zero attached hydrogens (tertiary/aromatic N) is 2. The summed E-state index contributed by atoms with van der Waals surface area (Å²) in [5.41, 5.74) is 3.82. The Bertz CT molecular complexity index is 695. The SMILES string of the molecule is COc1ccc(Cl)cc1NC(=O)CCn1nc(C)c(C)c1C. The fourth-order valence-electron chi connectivity index (χ4n) is 2.20. The average molecular weight is 322 g/mol. The van der Waals surface area contributed by atoms with Gasteiger partial charge in [0.2, 0.25) is 5.91 Å². The number of halogens is 1. The van der Waals surface area contributed by atoms with Crippen molar-refractivity contribution in [2.24, 2.45) is 0 Å². The molecule has 0 spiro atoms. The molecular formula is C16H20ClN3O2. The second-order valence-electron chi connectivity index (χ2n) is 5.16. The van der Waals surface area contributed by atoms with Gasteiger partial charge in [0.25, 0.3) is 0 Å². The van der Waals surface area contributed by atoms with E-state index in [0.717, 1.165) is 17.0 Å². The number of nitrogens with one attached hydrogen (secondary N) is 1. The maximum atomic E-state index is 12.1. The number of benzene rings is 1. The summed E-state index contributed by atoms with van der Waals surface area (Å²) in [6.07, 6.45) is 0.330. The maximum absolute atomic E-state index is 12.1. The first-order valence-corrected chi connectivity index (χ1v) is 7.44. The second kappa shape index (κ2) is 6.83. The minimum atomic E-state index is -0.106. The third-order valence-electron chi connectivity index (χ3n) is 3.73. The first-order valence-electron chi connectivity index (χ1n) is 7.06. The van der Waals surface area contributed by atoms with Crippen molar-refractivity contribution < 1.29 is 9.53 Å². The highest BCUT2D eigenvalue weighted by atomic mass is 35.5. The summed E-state index contributed by atoms with van der Waals surface area (Å²) in [5.74, 6) is 0.477. The van der Waals surface area contributed by atoms with E-state index in [2.05, 4.69) is 10.4 Å². The fraction of sp³-hybridized carbons (Fsp3) is 0.375. The summed E-state index contributed by atoms with van der Waals surface area (Å²) in [6.45, 7) is 6.54. The van der Waals surface area contributed by atoms with E-state index in [1.165, 1.54) is 0 Å². The lowest BCUT2D eigenvalue weighted by molar-refractivity contribution is -0.116. The summed E-state index contributed by atoms with van der Waals surface area (Å²) in [5, 5.41) is 7.80. The average Bonchev–Trinajstić information content (AvgIpc) is 2.73. The fourth-order valence-corrected chi connectivity index (χ4v) is 2.37. The molecule has 0 unspecified atom stereocenters. The van der Waals surface area contributed by atoms with Crippen molar-refractivity contribution in [3.8, 4) is 5.75 Å². The van der Waals surface area contributed by atoms with Crippen molar-refractivity contribution in [3.63, 3.8) is 0 Å². The van der Waals surface area contributed by atoms with Crippen LogP contribution in [0.4, 0.5) is 5.69 Å². The zero-order valence-corrected chi connectivity index (χ0v) is 14.0. The van der Waals surface area contributed by atoms with Crippen LogP contribution in [0.2, 0.25) is 5.02 Å². The van der Waals surface area contributed by atoms with Gasteiger partial charge in [0.05, 0.1) is 18.5 Å². The minimum Gasteiger partial charge on any atom is -0.495 e. The van der Waals surface area contributed by atoms with Gasteiger partial charge < -0.3 is 10.1 Å². The van der Waals surface area contributed by atoms with Crippen LogP contribution < -0.4 is 10.1 Å². The molecule has 1 N–H and O–H groups in total. The zero-order chi connectivity index (χ0) is 16.3. The van der Waals surface area contributed by atoms with Crippen molar-refractivity contribution in [2.75, 3.05) is 12.4 Å². The molecule has 5 nitrogen and oxygen atoms in total. The summed E-state index contributed by atoms with van der Waals surface area (Å²) in [4.78, 5) is 12.1. The third-order valence-corrected chi connectivity index (χ3v) is 3.96. The van der Waals surface area contributed by atoms with E-state index in [1.807, 2.05) is 25.5 Å². The highest BCUT2D eigenvalue weighted by Crippen LogP contribution is 2.27. The van der Waals surface area contributed by atoms with Crippen molar-refractivity contribution in [1.29, 1.82) is 0 Å².